The molecule has 0 aliphatic carbocycles. The van der Waals surface area contributed by atoms with Crippen LogP contribution in [0.25, 0.3) is 6.08 Å². The Bertz CT molecular complexity index is 1000. The number of nitrogens with one attached hydrogen (secondary N) is 1. The SMILES string of the molecule is COc1ccc(/C=C2/SC(=Nc3ccc(Cl)cc3)NC2=O)c(C(=O)O)c1OC. The minimum atomic E-state index is -1.19. The van der Waals surface area contributed by atoms with E-state index in [-0.39, 0.29) is 23.0 Å². The molecule has 2 aromatic carbocycles. The van der Waals surface area contributed by atoms with Crippen molar-refractivity contribution in [1.82, 2.24) is 5.32 Å². The lowest BCUT2D eigenvalue weighted by Gasteiger charge is -2.12. The molecule has 7 nitrogen and oxygen atoms in total. The standard InChI is InChI=1S/C19H15ClN2O5S/c1-26-13-8-3-10(15(18(24)25)16(13)27-2)9-14-17(23)22-19(28-14)21-12-6-4-11(20)5-7-12/h3-9H,1-2H3,(H,24,25)(H,21,22,23)/b14-9+. The van der Waals surface area contributed by atoms with E-state index < -0.39 is 5.97 Å². The predicted molar refractivity (Wildman–Crippen MR) is 109 cm³/mol. The first-order valence-electron chi connectivity index (χ1n) is 7.96. The molecule has 3 rings (SSSR count). The lowest BCUT2D eigenvalue weighted by molar-refractivity contribution is -0.115. The maximum Gasteiger partial charge on any atom is 0.340 e. The van der Waals surface area contributed by atoms with Crippen LogP contribution in [0.1, 0.15) is 15.9 Å². The smallest absolute Gasteiger partial charge is 0.340 e. The van der Waals surface area contributed by atoms with Gasteiger partial charge in [0, 0.05) is 5.02 Å². The fourth-order valence-corrected chi connectivity index (χ4v) is 3.50. The summed E-state index contributed by atoms with van der Waals surface area (Å²) in [7, 11) is 2.77. The largest absolute Gasteiger partial charge is 0.493 e. The summed E-state index contributed by atoms with van der Waals surface area (Å²) in [5.74, 6) is -1.19. The zero-order chi connectivity index (χ0) is 20.3. The van der Waals surface area contributed by atoms with E-state index in [9.17, 15) is 14.7 Å². The number of methoxy groups -OCH3 is 2. The minimum Gasteiger partial charge on any atom is -0.493 e. The van der Waals surface area contributed by atoms with E-state index in [0.29, 0.717) is 26.3 Å². The molecule has 1 aliphatic rings. The van der Waals surface area contributed by atoms with Gasteiger partial charge in [-0.1, -0.05) is 17.7 Å². The predicted octanol–water partition coefficient (Wildman–Crippen LogP) is 3.95. The summed E-state index contributed by atoms with van der Waals surface area (Å²) in [4.78, 5) is 28.7. The van der Waals surface area contributed by atoms with Crippen LogP contribution in [0.15, 0.2) is 46.3 Å². The van der Waals surface area contributed by atoms with Crippen LogP contribution in [-0.2, 0) is 4.79 Å². The van der Waals surface area contributed by atoms with Crippen LogP contribution in [-0.4, -0.2) is 36.4 Å². The molecule has 0 spiro atoms. The molecule has 1 heterocycles. The van der Waals surface area contributed by atoms with Crippen molar-refractivity contribution in [2.75, 3.05) is 14.2 Å². The summed E-state index contributed by atoms with van der Waals surface area (Å²) < 4.78 is 10.3. The lowest BCUT2D eigenvalue weighted by Crippen LogP contribution is -2.19. The molecule has 0 unspecified atom stereocenters. The number of hydrogen-bond donors (Lipinski definition) is 2. The van der Waals surface area contributed by atoms with E-state index in [1.54, 1.807) is 36.4 Å². The van der Waals surface area contributed by atoms with E-state index in [2.05, 4.69) is 10.3 Å². The molecule has 9 heteroatoms. The number of carbonyl (C=O) groups is 2. The fraction of sp³-hybridized carbons (Fsp3) is 0.105. The van der Waals surface area contributed by atoms with Crippen LogP contribution in [0.3, 0.4) is 0 Å². The van der Waals surface area contributed by atoms with Crippen molar-refractivity contribution in [2.24, 2.45) is 4.99 Å². The van der Waals surface area contributed by atoms with Crippen molar-refractivity contribution in [1.29, 1.82) is 0 Å². The number of carboxylic acid groups (broad SMARTS) is 1. The van der Waals surface area contributed by atoms with E-state index >= 15 is 0 Å². The van der Waals surface area contributed by atoms with Gasteiger partial charge in [0.1, 0.15) is 5.56 Å². The number of halogens is 1. The van der Waals surface area contributed by atoms with Crippen LogP contribution in [0.4, 0.5) is 5.69 Å². The van der Waals surface area contributed by atoms with Gasteiger partial charge in [0.25, 0.3) is 5.91 Å². The van der Waals surface area contributed by atoms with Gasteiger partial charge >= 0.3 is 5.97 Å². The summed E-state index contributed by atoms with van der Waals surface area (Å²) in [6.45, 7) is 0. The first-order valence-corrected chi connectivity index (χ1v) is 9.15. The Morgan fingerprint density at radius 3 is 2.50 bits per heavy atom. The summed E-state index contributed by atoms with van der Waals surface area (Å²) in [5, 5.41) is 13.2. The summed E-state index contributed by atoms with van der Waals surface area (Å²) in [6, 6.07) is 9.98. The maximum atomic E-state index is 12.3. The van der Waals surface area contributed by atoms with Crippen molar-refractivity contribution >= 4 is 52.2 Å². The lowest BCUT2D eigenvalue weighted by atomic mass is 10.0. The molecule has 0 aromatic heterocycles. The summed E-state index contributed by atoms with van der Waals surface area (Å²) in [5.41, 5.74) is 0.854. The Morgan fingerprint density at radius 1 is 1.18 bits per heavy atom. The molecular weight excluding hydrogens is 404 g/mol. The number of nitrogens with zero attached hydrogens (tertiary/aromatic N) is 1. The molecule has 28 heavy (non-hydrogen) atoms. The third kappa shape index (κ3) is 4.13. The van der Waals surface area contributed by atoms with Crippen molar-refractivity contribution < 1.29 is 24.2 Å². The minimum absolute atomic E-state index is 0.0859. The van der Waals surface area contributed by atoms with Gasteiger partial charge in [0.2, 0.25) is 0 Å². The van der Waals surface area contributed by atoms with Gasteiger partial charge in [0.05, 0.1) is 24.8 Å². The van der Waals surface area contributed by atoms with E-state index in [1.807, 2.05) is 0 Å². The van der Waals surface area contributed by atoms with Crippen molar-refractivity contribution in [3.05, 3.63) is 57.5 Å². The molecule has 144 valence electrons. The number of aromatic carboxylic acids is 1. The highest BCUT2D eigenvalue weighted by molar-refractivity contribution is 8.18. The average molecular weight is 419 g/mol. The molecule has 0 radical (unpaired) electrons. The summed E-state index contributed by atoms with van der Waals surface area (Å²) >= 11 is 6.96. The van der Waals surface area contributed by atoms with Crippen LogP contribution >= 0.6 is 23.4 Å². The molecule has 1 amide bonds. The van der Waals surface area contributed by atoms with Gasteiger partial charge in [-0.05, 0) is 53.7 Å². The van der Waals surface area contributed by atoms with Gasteiger partial charge in [-0.3, -0.25) is 4.79 Å². The van der Waals surface area contributed by atoms with E-state index in [1.165, 1.54) is 20.3 Å². The van der Waals surface area contributed by atoms with E-state index in [0.717, 1.165) is 11.8 Å². The van der Waals surface area contributed by atoms with Gasteiger partial charge in [-0.25, -0.2) is 9.79 Å². The van der Waals surface area contributed by atoms with Crippen LogP contribution in [0.2, 0.25) is 5.02 Å². The monoisotopic (exact) mass is 418 g/mol. The zero-order valence-electron chi connectivity index (χ0n) is 14.9. The number of rotatable bonds is 5. The number of hydrogen-bond acceptors (Lipinski definition) is 6. The number of amides is 1. The number of thioether (sulfide) groups is 1. The van der Waals surface area contributed by atoms with Crippen LogP contribution in [0.5, 0.6) is 11.5 Å². The topological polar surface area (TPSA) is 97.2 Å². The van der Waals surface area contributed by atoms with Gasteiger partial charge in [-0.2, -0.15) is 0 Å². The summed E-state index contributed by atoms with van der Waals surface area (Å²) in [6.07, 6.45) is 1.48. The second-order valence-electron chi connectivity index (χ2n) is 5.53. The average Bonchev–Trinajstić information content (AvgIpc) is 3.01. The Balaban J connectivity index is 1.97. The van der Waals surface area contributed by atoms with Crippen LogP contribution < -0.4 is 14.8 Å². The van der Waals surface area contributed by atoms with Crippen molar-refractivity contribution in [3.63, 3.8) is 0 Å². The second-order valence-corrected chi connectivity index (χ2v) is 7.00. The first kappa shape index (κ1) is 19.8. The number of benzene rings is 2. The second kappa shape index (κ2) is 8.37. The van der Waals surface area contributed by atoms with Gasteiger partial charge < -0.3 is 19.9 Å². The Morgan fingerprint density at radius 2 is 1.89 bits per heavy atom. The number of carboxylic acids is 1. The molecule has 1 aliphatic heterocycles. The zero-order valence-corrected chi connectivity index (χ0v) is 16.4. The Hall–Kier alpha value is -2.97. The molecule has 1 fully saturated rings. The highest BCUT2D eigenvalue weighted by atomic mass is 35.5. The third-order valence-corrected chi connectivity index (χ3v) is 4.95. The molecule has 0 atom stereocenters. The van der Waals surface area contributed by atoms with Crippen molar-refractivity contribution in [2.45, 2.75) is 0 Å². The number of carbonyl (C=O) groups excluding carboxylic acids is 1. The Labute approximate surface area is 170 Å². The first-order chi connectivity index (χ1) is 13.4. The molecular formula is C19H15ClN2O5S. The molecule has 1 saturated heterocycles. The number of aliphatic imine (C=N–C) groups is 1. The molecule has 2 aromatic rings. The van der Waals surface area contributed by atoms with Crippen LogP contribution in [0, 0.1) is 0 Å². The number of amidine groups is 1. The normalized spacial score (nSPS) is 16.3. The molecule has 0 bridgehead atoms. The fourth-order valence-electron chi connectivity index (χ4n) is 2.54. The van der Waals surface area contributed by atoms with Gasteiger partial charge in [0.15, 0.2) is 16.7 Å². The van der Waals surface area contributed by atoms with Gasteiger partial charge in [-0.15, -0.1) is 0 Å². The molecule has 2 N–H and O–H groups in total. The third-order valence-electron chi connectivity index (χ3n) is 3.79. The number of ether oxygens (including phenoxy) is 2. The van der Waals surface area contributed by atoms with Crippen molar-refractivity contribution in [3.8, 4) is 11.5 Å². The molecule has 0 saturated carbocycles. The Kier molecular flexibility index (Phi) is 5.91. The highest BCUT2D eigenvalue weighted by Gasteiger charge is 2.26. The quantitative estimate of drug-likeness (QED) is 0.713. The van der Waals surface area contributed by atoms with E-state index in [4.69, 9.17) is 21.1 Å². The maximum absolute atomic E-state index is 12.3. The highest BCUT2D eigenvalue weighted by Crippen LogP contribution is 2.36.